The van der Waals surface area contributed by atoms with Gasteiger partial charge in [-0.2, -0.15) is 0 Å². The summed E-state index contributed by atoms with van der Waals surface area (Å²) in [7, 11) is 0. The van der Waals surface area contributed by atoms with Crippen molar-refractivity contribution >= 4 is 5.78 Å². The number of rotatable bonds is 0. The summed E-state index contributed by atoms with van der Waals surface area (Å²) in [4.78, 5) is 11.8. The molecule has 1 nitrogen and oxygen atoms in total. The maximum absolute atomic E-state index is 11.8. The largest absolute Gasteiger partial charge is 0.295 e. The summed E-state index contributed by atoms with van der Waals surface area (Å²) < 4.78 is 0. The first-order chi connectivity index (χ1) is 7.40. The summed E-state index contributed by atoms with van der Waals surface area (Å²) in [6, 6.07) is 0. The molecule has 3 aliphatic rings. The van der Waals surface area contributed by atoms with Gasteiger partial charge in [-0.05, 0) is 54.4 Å². The molecule has 0 aliphatic heterocycles. The van der Waals surface area contributed by atoms with Crippen molar-refractivity contribution in [3.8, 4) is 0 Å². The van der Waals surface area contributed by atoms with Crippen LogP contribution in [0.3, 0.4) is 0 Å². The van der Waals surface area contributed by atoms with E-state index in [-0.39, 0.29) is 5.41 Å². The number of allylic oxidation sites excluding steroid dienone is 2. The zero-order chi connectivity index (χ0) is 11.6. The first kappa shape index (κ1) is 10.6. The van der Waals surface area contributed by atoms with Gasteiger partial charge in [0.2, 0.25) is 0 Å². The van der Waals surface area contributed by atoms with Crippen molar-refractivity contribution in [1.29, 1.82) is 0 Å². The van der Waals surface area contributed by atoms with Crippen LogP contribution in [0.25, 0.3) is 0 Å². The number of hydrogen-bond acceptors (Lipinski definition) is 1. The molecular formula is C15H22O. The van der Waals surface area contributed by atoms with Crippen molar-refractivity contribution in [3.63, 3.8) is 0 Å². The minimum Gasteiger partial charge on any atom is -0.295 e. The number of hydrogen-bond donors (Lipinski definition) is 0. The van der Waals surface area contributed by atoms with Gasteiger partial charge in [-0.1, -0.05) is 26.3 Å². The van der Waals surface area contributed by atoms with Crippen LogP contribution >= 0.6 is 0 Å². The molecule has 88 valence electrons. The number of carbonyl (C=O) groups excluding carboxylic acids is 1. The van der Waals surface area contributed by atoms with Crippen molar-refractivity contribution < 1.29 is 4.79 Å². The van der Waals surface area contributed by atoms with Crippen LogP contribution in [-0.4, -0.2) is 5.78 Å². The lowest BCUT2D eigenvalue weighted by Gasteiger charge is -2.52. The van der Waals surface area contributed by atoms with Gasteiger partial charge in [0.1, 0.15) is 0 Å². The van der Waals surface area contributed by atoms with Crippen LogP contribution in [0, 0.1) is 22.7 Å². The summed E-state index contributed by atoms with van der Waals surface area (Å²) in [5.74, 6) is 1.96. The fourth-order valence-electron chi connectivity index (χ4n) is 4.43. The monoisotopic (exact) mass is 218 g/mol. The Labute approximate surface area is 98.3 Å². The SMILES string of the molecule is CC1(C)C[C@@H]2C3=CC(=O)C[C@](C)(CC[C@@H]21)C3. The molecule has 2 fully saturated rings. The molecule has 16 heavy (non-hydrogen) atoms. The van der Waals surface area contributed by atoms with Gasteiger partial charge in [-0.25, -0.2) is 0 Å². The van der Waals surface area contributed by atoms with E-state index in [2.05, 4.69) is 20.8 Å². The van der Waals surface area contributed by atoms with E-state index in [4.69, 9.17) is 0 Å². The normalized spacial score (nSPS) is 45.2. The van der Waals surface area contributed by atoms with Crippen LogP contribution < -0.4 is 0 Å². The fraction of sp³-hybridized carbons (Fsp3) is 0.800. The lowest BCUT2D eigenvalue weighted by molar-refractivity contribution is -0.117. The Morgan fingerprint density at radius 1 is 1.25 bits per heavy atom. The second kappa shape index (κ2) is 3.00. The molecule has 0 aromatic heterocycles. The van der Waals surface area contributed by atoms with Gasteiger partial charge in [-0.3, -0.25) is 4.79 Å². The van der Waals surface area contributed by atoms with E-state index in [1.165, 1.54) is 31.3 Å². The maximum atomic E-state index is 11.8. The first-order valence-corrected chi connectivity index (χ1v) is 6.63. The van der Waals surface area contributed by atoms with E-state index in [1.54, 1.807) is 0 Å². The molecule has 0 N–H and O–H groups in total. The maximum Gasteiger partial charge on any atom is 0.156 e. The van der Waals surface area contributed by atoms with Gasteiger partial charge in [0, 0.05) is 6.42 Å². The van der Waals surface area contributed by atoms with Gasteiger partial charge < -0.3 is 0 Å². The minimum atomic E-state index is 0.286. The van der Waals surface area contributed by atoms with Gasteiger partial charge in [-0.15, -0.1) is 0 Å². The van der Waals surface area contributed by atoms with Gasteiger partial charge in [0.05, 0.1) is 0 Å². The van der Waals surface area contributed by atoms with Crippen molar-refractivity contribution in [3.05, 3.63) is 11.6 Å². The molecule has 3 aliphatic carbocycles. The molecule has 0 amide bonds. The van der Waals surface area contributed by atoms with E-state index in [1.807, 2.05) is 6.08 Å². The number of ketones is 1. The van der Waals surface area contributed by atoms with Crippen molar-refractivity contribution in [1.82, 2.24) is 0 Å². The van der Waals surface area contributed by atoms with Gasteiger partial charge >= 0.3 is 0 Å². The summed E-state index contributed by atoms with van der Waals surface area (Å²) >= 11 is 0. The van der Waals surface area contributed by atoms with Crippen LogP contribution in [-0.2, 0) is 4.79 Å². The second-order valence-electron chi connectivity index (χ2n) is 7.29. The Hall–Kier alpha value is -0.590. The highest BCUT2D eigenvalue weighted by Crippen LogP contribution is 2.61. The molecule has 0 saturated heterocycles. The highest BCUT2D eigenvalue weighted by molar-refractivity contribution is 5.92. The molecular weight excluding hydrogens is 196 g/mol. The average molecular weight is 218 g/mol. The predicted octanol–water partition coefficient (Wildman–Crippen LogP) is 3.74. The third kappa shape index (κ3) is 1.40. The smallest absolute Gasteiger partial charge is 0.156 e. The molecule has 2 bridgehead atoms. The zero-order valence-corrected chi connectivity index (χ0v) is 10.7. The molecule has 0 radical (unpaired) electrons. The minimum absolute atomic E-state index is 0.286. The Morgan fingerprint density at radius 3 is 2.69 bits per heavy atom. The summed E-state index contributed by atoms with van der Waals surface area (Å²) in [6.45, 7) is 7.11. The molecule has 0 aromatic rings. The van der Waals surface area contributed by atoms with E-state index in [0.717, 1.165) is 18.3 Å². The van der Waals surface area contributed by atoms with Crippen molar-refractivity contribution in [2.24, 2.45) is 22.7 Å². The van der Waals surface area contributed by atoms with Crippen LogP contribution in [0.1, 0.15) is 52.9 Å². The molecule has 2 saturated carbocycles. The van der Waals surface area contributed by atoms with Crippen LogP contribution in [0.4, 0.5) is 0 Å². The van der Waals surface area contributed by atoms with E-state index >= 15 is 0 Å². The summed E-state index contributed by atoms with van der Waals surface area (Å²) in [6.07, 6.45) is 7.85. The van der Waals surface area contributed by atoms with Crippen LogP contribution in [0.5, 0.6) is 0 Å². The van der Waals surface area contributed by atoms with Crippen molar-refractivity contribution in [2.45, 2.75) is 52.9 Å². The van der Waals surface area contributed by atoms with Crippen LogP contribution in [0.2, 0.25) is 0 Å². The molecule has 0 spiro atoms. The fourth-order valence-corrected chi connectivity index (χ4v) is 4.43. The quantitative estimate of drug-likeness (QED) is 0.605. The number of carbonyl (C=O) groups is 1. The third-order valence-electron chi connectivity index (χ3n) is 5.35. The second-order valence-corrected chi connectivity index (χ2v) is 7.29. The van der Waals surface area contributed by atoms with Crippen LogP contribution in [0.15, 0.2) is 11.6 Å². The Bertz CT molecular complexity index is 377. The first-order valence-electron chi connectivity index (χ1n) is 6.63. The Morgan fingerprint density at radius 2 is 2.00 bits per heavy atom. The standard InChI is InChI=1S/C15H22O/c1-14(2)9-12-10-6-11(16)8-15(3,7-10)5-4-13(12)14/h6,12-13H,4-5,7-9H2,1-3H3/t12-,13+,15-/m1/s1. The van der Waals surface area contributed by atoms with E-state index in [9.17, 15) is 4.79 Å². The highest BCUT2D eigenvalue weighted by Gasteiger charge is 2.52. The number of fused-ring (bicyclic) bond motifs is 4. The lowest BCUT2D eigenvalue weighted by atomic mass is 9.53. The molecule has 1 heteroatoms. The third-order valence-corrected chi connectivity index (χ3v) is 5.35. The molecule has 3 atom stereocenters. The van der Waals surface area contributed by atoms with E-state index < -0.39 is 0 Å². The molecule has 3 rings (SSSR count). The molecule has 0 unspecified atom stereocenters. The predicted molar refractivity (Wildman–Crippen MR) is 65.0 cm³/mol. The summed E-state index contributed by atoms with van der Waals surface area (Å²) in [5, 5.41) is 0. The average Bonchev–Trinajstić information content (AvgIpc) is 2.19. The van der Waals surface area contributed by atoms with Gasteiger partial charge in [0.25, 0.3) is 0 Å². The van der Waals surface area contributed by atoms with E-state index in [0.29, 0.717) is 11.2 Å². The highest BCUT2D eigenvalue weighted by atomic mass is 16.1. The zero-order valence-electron chi connectivity index (χ0n) is 10.7. The molecule has 0 heterocycles. The lowest BCUT2D eigenvalue weighted by Crippen LogP contribution is -2.44. The Balaban J connectivity index is 1.96. The topological polar surface area (TPSA) is 17.1 Å². The van der Waals surface area contributed by atoms with Gasteiger partial charge in [0.15, 0.2) is 5.78 Å². The van der Waals surface area contributed by atoms with Crippen molar-refractivity contribution in [2.75, 3.05) is 0 Å². The molecule has 0 aromatic carbocycles. The summed E-state index contributed by atoms with van der Waals surface area (Å²) in [5.41, 5.74) is 2.29. The Kier molecular flexibility index (Phi) is 1.98.